The first-order chi connectivity index (χ1) is 11.1. The van der Waals surface area contributed by atoms with Gasteiger partial charge in [0, 0.05) is 23.4 Å². The zero-order valence-corrected chi connectivity index (χ0v) is 14.6. The van der Waals surface area contributed by atoms with Crippen molar-refractivity contribution in [2.75, 3.05) is 7.05 Å². The zero-order valence-electron chi connectivity index (χ0n) is 13.0. The highest BCUT2D eigenvalue weighted by atomic mass is 79.9. The average Bonchev–Trinajstić information content (AvgIpc) is 3.46. The van der Waals surface area contributed by atoms with Gasteiger partial charge in [-0.15, -0.1) is 0 Å². The second kappa shape index (κ2) is 5.78. The van der Waals surface area contributed by atoms with Crippen LogP contribution in [0.3, 0.4) is 0 Å². The van der Waals surface area contributed by atoms with Gasteiger partial charge in [-0.3, -0.25) is 4.79 Å². The van der Waals surface area contributed by atoms with Crippen molar-refractivity contribution in [3.63, 3.8) is 0 Å². The van der Waals surface area contributed by atoms with Crippen LogP contribution in [0.5, 0.6) is 0 Å². The maximum absolute atomic E-state index is 12.6. The highest BCUT2D eigenvalue weighted by Crippen LogP contribution is 2.48. The molecule has 0 spiro atoms. The molecule has 2 aliphatic carbocycles. The van der Waals surface area contributed by atoms with Crippen molar-refractivity contribution >= 4 is 21.8 Å². The van der Waals surface area contributed by atoms with Crippen molar-refractivity contribution in [1.82, 2.24) is 9.88 Å². The fraction of sp³-hybridized carbons (Fsp3) is 0.444. The molecule has 2 aromatic rings. The molecule has 1 aromatic carbocycles. The Labute approximate surface area is 144 Å². The Bertz CT molecular complexity index is 721. The molecule has 4 nitrogen and oxygen atoms in total. The number of rotatable bonds is 5. The van der Waals surface area contributed by atoms with Gasteiger partial charge >= 0.3 is 0 Å². The molecule has 4 rings (SSSR count). The Kier molecular flexibility index (Phi) is 3.76. The van der Waals surface area contributed by atoms with Crippen molar-refractivity contribution in [2.24, 2.45) is 5.92 Å². The molecule has 5 heteroatoms. The summed E-state index contributed by atoms with van der Waals surface area (Å²) in [6, 6.07) is 8.26. The minimum atomic E-state index is 0.0963. The molecule has 2 atom stereocenters. The molecule has 1 aromatic heterocycles. The molecule has 2 aliphatic rings. The molecular weight excluding hydrogens is 356 g/mol. The predicted molar refractivity (Wildman–Crippen MR) is 89.9 cm³/mol. The zero-order chi connectivity index (χ0) is 16.0. The average molecular weight is 375 g/mol. The van der Waals surface area contributed by atoms with Gasteiger partial charge in [0.25, 0.3) is 0 Å². The minimum Gasteiger partial charge on any atom is -0.443 e. The van der Waals surface area contributed by atoms with Crippen molar-refractivity contribution in [3.05, 3.63) is 52.1 Å². The van der Waals surface area contributed by atoms with E-state index in [1.165, 1.54) is 18.4 Å². The monoisotopic (exact) mass is 374 g/mol. The van der Waals surface area contributed by atoms with Gasteiger partial charge in [-0.1, -0.05) is 28.1 Å². The van der Waals surface area contributed by atoms with Crippen LogP contribution in [0.1, 0.15) is 48.3 Å². The first-order valence-corrected chi connectivity index (χ1v) is 8.86. The molecule has 2 saturated carbocycles. The van der Waals surface area contributed by atoms with E-state index in [2.05, 4.69) is 33.0 Å². The van der Waals surface area contributed by atoms with Gasteiger partial charge < -0.3 is 9.32 Å². The smallest absolute Gasteiger partial charge is 0.226 e. The summed E-state index contributed by atoms with van der Waals surface area (Å²) in [5, 5.41) is 0. The van der Waals surface area contributed by atoms with Crippen LogP contribution in [0.4, 0.5) is 0 Å². The van der Waals surface area contributed by atoms with Crippen LogP contribution in [-0.2, 0) is 11.3 Å². The number of hydrogen-bond donors (Lipinski definition) is 0. The normalized spacial score (nSPS) is 22.9. The summed E-state index contributed by atoms with van der Waals surface area (Å²) in [7, 11) is 1.83. The first-order valence-electron chi connectivity index (χ1n) is 8.07. The number of carbonyl (C=O) groups is 1. The van der Waals surface area contributed by atoms with Gasteiger partial charge in [0.2, 0.25) is 11.8 Å². The lowest BCUT2D eigenvalue weighted by molar-refractivity contribution is -0.132. The molecule has 1 heterocycles. The maximum atomic E-state index is 12.6. The van der Waals surface area contributed by atoms with E-state index in [1.807, 2.05) is 25.4 Å². The van der Waals surface area contributed by atoms with Crippen molar-refractivity contribution < 1.29 is 9.21 Å². The molecule has 23 heavy (non-hydrogen) atoms. The molecule has 0 radical (unpaired) electrons. The van der Waals surface area contributed by atoms with Crippen LogP contribution in [0.15, 0.2) is 39.4 Å². The third-order valence-electron chi connectivity index (χ3n) is 4.71. The van der Waals surface area contributed by atoms with Crippen LogP contribution < -0.4 is 0 Å². The highest BCUT2D eigenvalue weighted by Gasteiger charge is 2.45. The minimum absolute atomic E-state index is 0.0963. The summed E-state index contributed by atoms with van der Waals surface area (Å²) in [4.78, 5) is 18.6. The number of benzene rings is 1. The second-order valence-electron chi connectivity index (χ2n) is 6.63. The van der Waals surface area contributed by atoms with Crippen LogP contribution in [0, 0.1) is 5.92 Å². The number of oxazole rings is 1. The lowest BCUT2D eigenvalue weighted by atomic mass is 10.1. The Balaban J connectivity index is 1.36. The van der Waals surface area contributed by atoms with E-state index in [-0.39, 0.29) is 11.8 Å². The lowest BCUT2D eigenvalue weighted by Gasteiger charge is -2.15. The molecular formula is C18H19BrN2O2. The van der Waals surface area contributed by atoms with Gasteiger partial charge in [-0.05, 0) is 42.9 Å². The largest absolute Gasteiger partial charge is 0.443 e. The number of halogens is 1. The Hall–Kier alpha value is -1.62. The number of carbonyl (C=O) groups excluding carboxylic acids is 1. The summed E-state index contributed by atoms with van der Waals surface area (Å²) >= 11 is 3.44. The molecule has 1 amide bonds. The molecule has 0 saturated heterocycles. The summed E-state index contributed by atoms with van der Waals surface area (Å²) in [6.45, 7) is 0.453. The predicted octanol–water partition coefficient (Wildman–Crippen LogP) is 4.08. The number of nitrogens with zero attached hydrogens (tertiary/aromatic N) is 2. The van der Waals surface area contributed by atoms with Crippen molar-refractivity contribution in [3.8, 4) is 0 Å². The van der Waals surface area contributed by atoms with Gasteiger partial charge in [0.05, 0.1) is 12.7 Å². The fourth-order valence-corrected chi connectivity index (χ4v) is 3.33. The summed E-state index contributed by atoms with van der Waals surface area (Å²) in [6.07, 6.45) is 5.14. The molecule has 2 fully saturated rings. The van der Waals surface area contributed by atoms with E-state index in [0.717, 1.165) is 16.7 Å². The standard InChI is InChI=1S/C18H19BrN2O2/c1-21(10-17-20-9-16(23-17)12-2-3-12)18(22)15-8-14(15)11-4-6-13(19)7-5-11/h4-7,9,12,14-15H,2-3,8,10H2,1H3. The van der Waals surface area contributed by atoms with Gasteiger partial charge in [0.15, 0.2) is 0 Å². The van der Waals surface area contributed by atoms with Gasteiger partial charge in [-0.2, -0.15) is 0 Å². The van der Waals surface area contributed by atoms with E-state index in [0.29, 0.717) is 24.3 Å². The third-order valence-corrected chi connectivity index (χ3v) is 5.23. The summed E-state index contributed by atoms with van der Waals surface area (Å²) < 4.78 is 6.81. The van der Waals surface area contributed by atoms with E-state index in [4.69, 9.17) is 4.42 Å². The van der Waals surface area contributed by atoms with Crippen LogP contribution in [0.25, 0.3) is 0 Å². The molecule has 120 valence electrons. The van der Waals surface area contributed by atoms with Gasteiger partial charge in [0.1, 0.15) is 5.76 Å². The maximum Gasteiger partial charge on any atom is 0.226 e. The first kappa shape index (κ1) is 14.9. The molecule has 0 bridgehead atoms. The van der Waals surface area contributed by atoms with E-state index >= 15 is 0 Å². The van der Waals surface area contributed by atoms with Crippen molar-refractivity contribution in [1.29, 1.82) is 0 Å². The van der Waals surface area contributed by atoms with E-state index < -0.39 is 0 Å². The van der Waals surface area contributed by atoms with Crippen LogP contribution in [-0.4, -0.2) is 22.8 Å². The van der Waals surface area contributed by atoms with E-state index in [9.17, 15) is 4.79 Å². The quantitative estimate of drug-likeness (QED) is 0.791. The number of hydrogen-bond acceptors (Lipinski definition) is 3. The Morgan fingerprint density at radius 1 is 1.35 bits per heavy atom. The summed E-state index contributed by atoms with van der Waals surface area (Å²) in [5.74, 6) is 2.80. The molecule has 0 N–H and O–H groups in total. The van der Waals surface area contributed by atoms with Crippen LogP contribution in [0.2, 0.25) is 0 Å². The van der Waals surface area contributed by atoms with Crippen LogP contribution >= 0.6 is 15.9 Å². The van der Waals surface area contributed by atoms with Crippen molar-refractivity contribution in [2.45, 2.75) is 37.6 Å². The summed E-state index contributed by atoms with van der Waals surface area (Å²) in [5.41, 5.74) is 1.24. The fourth-order valence-electron chi connectivity index (χ4n) is 3.06. The number of amides is 1. The highest BCUT2D eigenvalue weighted by molar-refractivity contribution is 9.10. The van der Waals surface area contributed by atoms with E-state index in [1.54, 1.807) is 4.90 Å². The topological polar surface area (TPSA) is 46.3 Å². The number of aromatic nitrogens is 1. The Morgan fingerprint density at radius 3 is 2.78 bits per heavy atom. The SMILES string of the molecule is CN(Cc1ncc(C2CC2)o1)C(=O)C1CC1c1ccc(Br)cc1. The molecule has 2 unspecified atom stereocenters. The van der Waals surface area contributed by atoms with Gasteiger partial charge in [-0.25, -0.2) is 4.98 Å². The third kappa shape index (κ3) is 3.20. The Morgan fingerprint density at radius 2 is 2.09 bits per heavy atom. The second-order valence-corrected chi connectivity index (χ2v) is 7.54. The lowest BCUT2D eigenvalue weighted by Crippen LogP contribution is -2.28. The molecule has 0 aliphatic heterocycles.